The highest BCUT2D eigenvalue weighted by molar-refractivity contribution is 7.58. The highest BCUT2D eigenvalue weighted by Crippen LogP contribution is 1.71. The van der Waals surface area contributed by atoms with E-state index in [2.05, 4.69) is 4.13 Å². The highest BCUT2D eigenvalue weighted by atomic mass is 32.1. The van der Waals surface area contributed by atoms with Gasteiger partial charge in [-0.1, -0.05) is 0 Å². The summed E-state index contributed by atoms with van der Waals surface area (Å²) in [7, 11) is 1.93. The molecule has 0 bridgehead atoms. The van der Waals surface area contributed by atoms with E-state index in [1.165, 1.54) is 0 Å². The van der Waals surface area contributed by atoms with Crippen molar-refractivity contribution in [1.29, 1.82) is 0 Å². The maximum absolute atomic E-state index is 9.03. The molecular weight excluding hydrogens is 93.0 g/mol. The first kappa shape index (κ1) is 4.25. The summed E-state index contributed by atoms with van der Waals surface area (Å²) in [5.74, 6) is 0. The fraction of sp³-hybridized carbons (Fsp3) is 0. The fourth-order valence-electron chi connectivity index (χ4n) is 0. The molecule has 0 aliphatic carbocycles. The second-order valence-electron chi connectivity index (χ2n) is 0.180. The lowest BCUT2D eigenvalue weighted by Crippen LogP contribution is -1.17. The topological polar surface area (TPSA) is 29.4 Å². The minimum absolute atomic E-state index is 0.194. The van der Waals surface area contributed by atoms with Gasteiger partial charge in [0.15, 0.2) is 0 Å². The van der Waals surface area contributed by atoms with Crippen LogP contribution in [0.5, 0.6) is 0 Å². The SMILES string of the molecule is O=S=NP. The van der Waals surface area contributed by atoms with Crippen LogP contribution in [0.15, 0.2) is 4.13 Å². The normalized spacial score (nSPS) is 5.25. The number of hydrogen-bond acceptors (Lipinski definition) is 2. The molecule has 0 saturated carbocycles. The van der Waals surface area contributed by atoms with E-state index in [-0.39, 0.29) is 11.5 Å². The highest BCUT2D eigenvalue weighted by Gasteiger charge is 1.28. The summed E-state index contributed by atoms with van der Waals surface area (Å²) in [6.45, 7) is 0. The molecule has 2 nitrogen and oxygen atoms in total. The first-order valence-electron chi connectivity index (χ1n) is 0.607. The maximum atomic E-state index is 9.03. The van der Waals surface area contributed by atoms with Gasteiger partial charge >= 0.3 is 0 Å². The number of rotatable bonds is 0. The lowest BCUT2D eigenvalue weighted by Gasteiger charge is -1.36. The van der Waals surface area contributed by atoms with Gasteiger partial charge in [-0.05, 0) is 0 Å². The van der Waals surface area contributed by atoms with Gasteiger partial charge < -0.3 is 0 Å². The Morgan fingerprint density at radius 1 is 2.00 bits per heavy atom. The first-order valence-corrected chi connectivity index (χ1v) is 1.82. The summed E-state index contributed by atoms with van der Waals surface area (Å²) in [6.07, 6.45) is 0. The van der Waals surface area contributed by atoms with E-state index in [1.54, 1.807) is 0 Å². The molecule has 0 N–H and O–H groups in total. The largest absolute Gasteiger partial charge is 0.202 e. The molecule has 0 aliphatic heterocycles. The van der Waals surface area contributed by atoms with Gasteiger partial charge in [0.1, 0.15) is 0 Å². The van der Waals surface area contributed by atoms with Gasteiger partial charge in [0.05, 0.1) is 0 Å². The van der Waals surface area contributed by atoms with Crippen LogP contribution in [0.25, 0.3) is 0 Å². The number of hydrogen-bond donors (Lipinski definition) is 0. The molecule has 0 aromatic carbocycles. The molecule has 4 heavy (non-hydrogen) atoms. The van der Waals surface area contributed by atoms with Crippen LogP contribution < -0.4 is 0 Å². The third-order valence-corrected chi connectivity index (χ3v) is 0.387. The molecule has 0 heterocycles. The van der Waals surface area contributed by atoms with Gasteiger partial charge in [0.25, 0.3) is 0 Å². The predicted molar refractivity (Wildman–Crippen MR) is 20.3 cm³/mol. The molecule has 24 valence electrons. The van der Waals surface area contributed by atoms with Gasteiger partial charge in [-0.2, -0.15) is 8.34 Å². The Balaban J connectivity index is 3.11. The van der Waals surface area contributed by atoms with Gasteiger partial charge in [-0.15, -0.1) is 0 Å². The second-order valence-corrected chi connectivity index (χ2v) is 1.17. The molecular formula is H2NOPS. The van der Waals surface area contributed by atoms with Crippen molar-refractivity contribution in [2.24, 2.45) is 4.13 Å². The van der Waals surface area contributed by atoms with E-state index in [9.17, 15) is 0 Å². The summed E-state index contributed by atoms with van der Waals surface area (Å²) in [5, 5.41) is 0. The Hall–Kier alpha value is 0.250. The monoisotopic (exact) mass is 95.0 g/mol. The summed E-state index contributed by atoms with van der Waals surface area (Å²) >= 11 is 0.194. The molecule has 1 atom stereocenters. The van der Waals surface area contributed by atoms with Crippen molar-refractivity contribution >= 4 is 20.9 Å². The van der Waals surface area contributed by atoms with E-state index >= 15 is 0 Å². The minimum atomic E-state index is 0.194. The molecule has 0 saturated heterocycles. The average Bonchev–Trinajstić information content (AvgIpc) is 1.37. The van der Waals surface area contributed by atoms with Crippen LogP contribution in [0, 0.1) is 0 Å². The standard InChI is InChI=1S/H2NOPS/c2-4-1-3/h3H2. The van der Waals surface area contributed by atoms with Crippen molar-refractivity contribution < 1.29 is 4.21 Å². The molecule has 4 heteroatoms. The predicted octanol–water partition coefficient (Wildman–Crippen LogP) is 0.173. The van der Waals surface area contributed by atoms with Crippen molar-refractivity contribution in [3.63, 3.8) is 0 Å². The minimum Gasteiger partial charge on any atom is -0.191 e. The van der Waals surface area contributed by atoms with Gasteiger partial charge in [-0.25, -0.2) is 0 Å². The third-order valence-electron chi connectivity index (χ3n) is 0.0430. The Morgan fingerprint density at radius 3 is 2.25 bits per heavy atom. The molecule has 0 radical (unpaired) electrons. The third kappa shape index (κ3) is 2.25. The molecule has 0 spiro atoms. The van der Waals surface area contributed by atoms with Gasteiger partial charge in [0.2, 0.25) is 11.5 Å². The van der Waals surface area contributed by atoms with E-state index in [0.717, 1.165) is 0 Å². The Labute approximate surface area is 30.1 Å². The van der Waals surface area contributed by atoms with E-state index < -0.39 is 0 Å². The van der Waals surface area contributed by atoms with Crippen molar-refractivity contribution in [2.45, 2.75) is 0 Å². The van der Waals surface area contributed by atoms with Crippen LogP contribution in [-0.4, -0.2) is 4.21 Å². The van der Waals surface area contributed by atoms with Crippen LogP contribution in [0.1, 0.15) is 0 Å². The fourth-order valence-corrected chi connectivity index (χ4v) is 0. The first-order chi connectivity index (χ1) is 1.91. The molecule has 0 rings (SSSR count). The molecule has 1 unspecified atom stereocenters. The molecule has 0 aromatic rings. The smallest absolute Gasteiger partial charge is 0.191 e. The summed E-state index contributed by atoms with van der Waals surface area (Å²) in [5.41, 5.74) is 0. The quantitative estimate of drug-likeness (QED) is 0.394. The zero-order valence-corrected chi connectivity index (χ0v) is 3.81. The van der Waals surface area contributed by atoms with E-state index in [4.69, 9.17) is 4.21 Å². The van der Waals surface area contributed by atoms with Crippen LogP contribution in [-0.2, 0) is 11.5 Å². The lowest BCUT2D eigenvalue weighted by atomic mass is 13.9. The van der Waals surface area contributed by atoms with E-state index in [0.29, 0.717) is 0 Å². The van der Waals surface area contributed by atoms with Crippen molar-refractivity contribution in [3.8, 4) is 0 Å². The molecule has 0 aromatic heterocycles. The van der Waals surface area contributed by atoms with Gasteiger partial charge in [0, 0.05) is 9.39 Å². The molecule has 0 fully saturated rings. The summed E-state index contributed by atoms with van der Waals surface area (Å²) in [6, 6.07) is 0. The Morgan fingerprint density at radius 2 is 2.25 bits per heavy atom. The van der Waals surface area contributed by atoms with Crippen molar-refractivity contribution in [3.05, 3.63) is 0 Å². The maximum Gasteiger partial charge on any atom is 0.202 e. The Bertz CT molecular complexity index is 46.0. The van der Waals surface area contributed by atoms with Crippen LogP contribution in [0.2, 0.25) is 0 Å². The molecule has 0 aliphatic rings. The lowest BCUT2D eigenvalue weighted by molar-refractivity contribution is 0.699. The average molecular weight is 95.1 g/mol. The zero-order valence-electron chi connectivity index (χ0n) is 1.84. The molecule has 0 amide bonds. The van der Waals surface area contributed by atoms with Crippen LogP contribution >= 0.6 is 9.39 Å². The van der Waals surface area contributed by atoms with Crippen molar-refractivity contribution in [2.75, 3.05) is 0 Å². The van der Waals surface area contributed by atoms with Crippen LogP contribution in [0.4, 0.5) is 0 Å². The zero-order chi connectivity index (χ0) is 3.41. The van der Waals surface area contributed by atoms with Crippen LogP contribution in [0.3, 0.4) is 0 Å². The Kier molecular flexibility index (Phi) is 3.45. The van der Waals surface area contributed by atoms with Crippen molar-refractivity contribution in [1.82, 2.24) is 0 Å². The summed E-state index contributed by atoms with van der Waals surface area (Å²) in [4.78, 5) is 0. The van der Waals surface area contributed by atoms with Gasteiger partial charge in [-0.3, -0.25) is 0 Å². The van der Waals surface area contributed by atoms with E-state index in [1.807, 2.05) is 9.39 Å². The second kappa shape index (κ2) is 3.25. The number of nitrogens with zero attached hydrogens (tertiary/aromatic N) is 1. The summed E-state index contributed by atoms with van der Waals surface area (Å²) < 4.78 is 12.0.